The highest BCUT2D eigenvalue weighted by atomic mass is 32.1. The normalized spacial score (nSPS) is 23.2. The van der Waals surface area contributed by atoms with Crippen LogP contribution in [0, 0.1) is 0 Å². The second-order valence-electron chi connectivity index (χ2n) is 4.33. The number of carbonyl (C=O) groups is 2. The minimum atomic E-state index is -1.05. The van der Waals surface area contributed by atoms with Gasteiger partial charge in [-0.2, -0.15) is 0 Å². The van der Waals surface area contributed by atoms with Gasteiger partial charge in [0.25, 0.3) is 5.91 Å². The molecule has 0 saturated carbocycles. The average molecular weight is 285 g/mol. The van der Waals surface area contributed by atoms with E-state index in [0.29, 0.717) is 17.2 Å². The zero-order valence-corrected chi connectivity index (χ0v) is 11.5. The molecule has 1 saturated heterocycles. The minimum absolute atomic E-state index is 0.0682. The smallest absolute Gasteiger partial charge is 0.334 e. The zero-order chi connectivity index (χ0) is 14.0. The summed E-state index contributed by atoms with van der Waals surface area (Å²) >= 11 is 1.28. The van der Waals surface area contributed by atoms with Gasteiger partial charge in [-0.3, -0.25) is 4.79 Å². The fraction of sp³-hybridized carbons (Fsp3) is 0.500. The topological polar surface area (TPSA) is 76.1 Å². The molecule has 0 aliphatic carbocycles. The maximum Gasteiger partial charge on any atom is 0.334 e. The summed E-state index contributed by atoms with van der Waals surface area (Å²) in [6.07, 6.45) is -1.25. The first-order valence-corrected chi connectivity index (χ1v) is 6.69. The molecule has 6 nitrogen and oxygen atoms in total. The second-order valence-corrected chi connectivity index (χ2v) is 5.25. The van der Waals surface area contributed by atoms with Crippen LogP contribution >= 0.6 is 11.3 Å². The molecule has 2 atom stereocenters. The van der Waals surface area contributed by atoms with E-state index < -0.39 is 12.1 Å². The van der Waals surface area contributed by atoms with Crippen molar-refractivity contribution >= 4 is 23.2 Å². The van der Waals surface area contributed by atoms with Gasteiger partial charge in [0.2, 0.25) is 0 Å². The van der Waals surface area contributed by atoms with E-state index in [4.69, 9.17) is 14.6 Å². The maximum atomic E-state index is 12.3. The van der Waals surface area contributed by atoms with Crippen LogP contribution in [0.25, 0.3) is 0 Å². The molecular weight excluding hydrogens is 270 g/mol. The Kier molecular flexibility index (Phi) is 4.06. The fourth-order valence-corrected chi connectivity index (χ4v) is 2.77. The van der Waals surface area contributed by atoms with Gasteiger partial charge in [0.1, 0.15) is 5.75 Å². The monoisotopic (exact) mass is 285 g/mol. The molecule has 0 aromatic carbocycles. The van der Waals surface area contributed by atoms with Crippen LogP contribution in [-0.2, 0) is 9.53 Å². The number of ether oxygens (including phenoxy) is 2. The van der Waals surface area contributed by atoms with Crippen LogP contribution in [0.5, 0.6) is 5.75 Å². The van der Waals surface area contributed by atoms with Crippen molar-refractivity contribution in [1.82, 2.24) is 4.90 Å². The number of hydrogen-bond donors (Lipinski definition) is 1. The number of nitrogens with zero attached hydrogens (tertiary/aromatic N) is 1. The van der Waals surface area contributed by atoms with Crippen LogP contribution in [0.1, 0.15) is 16.6 Å². The highest BCUT2D eigenvalue weighted by Crippen LogP contribution is 2.24. The molecule has 1 aromatic heterocycles. The zero-order valence-electron chi connectivity index (χ0n) is 10.7. The minimum Gasteiger partial charge on any atom is -0.496 e. The molecule has 19 heavy (non-hydrogen) atoms. The molecule has 1 N–H and O–H groups in total. The molecule has 1 aliphatic heterocycles. The van der Waals surface area contributed by atoms with E-state index in [1.54, 1.807) is 18.4 Å². The predicted molar refractivity (Wildman–Crippen MR) is 68.7 cm³/mol. The summed E-state index contributed by atoms with van der Waals surface area (Å²) in [4.78, 5) is 25.3. The Bertz CT molecular complexity index is 486. The molecule has 0 spiro atoms. The van der Waals surface area contributed by atoms with E-state index >= 15 is 0 Å². The first-order valence-electron chi connectivity index (χ1n) is 5.81. The number of thiophene rings is 1. The van der Waals surface area contributed by atoms with Crippen LogP contribution in [0.15, 0.2) is 11.4 Å². The molecule has 1 fully saturated rings. The van der Waals surface area contributed by atoms with Crippen molar-refractivity contribution in [3.8, 4) is 5.75 Å². The Labute approximate surface area is 114 Å². The SMILES string of the molecule is COc1csc(C(=O)N2CC(C(=O)O)O[C@H](C)C2)c1. The molecule has 0 radical (unpaired) electrons. The van der Waals surface area contributed by atoms with E-state index in [1.165, 1.54) is 23.3 Å². The molecule has 1 aromatic rings. The largest absolute Gasteiger partial charge is 0.496 e. The highest BCUT2D eigenvalue weighted by Gasteiger charge is 2.33. The lowest BCUT2D eigenvalue weighted by molar-refractivity contribution is -0.160. The van der Waals surface area contributed by atoms with Gasteiger partial charge in [0.15, 0.2) is 6.10 Å². The summed E-state index contributed by atoms with van der Waals surface area (Å²) in [6.45, 7) is 2.21. The average Bonchev–Trinajstić information content (AvgIpc) is 2.85. The van der Waals surface area contributed by atoms with Gasteiger partial charge >= 0.3 is 5.97 Å². The third-order valence-corrected chi connectivity index (χ3v) is 3.74. The summed E-state index contributed by atoms with van der Waals surface area (Å²) in [5, 5.41) is 10.7. The number of amides is 1. The number of hydrogen-bond acceptors (Lipinski definition) is 5. The molecular formula is C12H15NO5S. The molecule has 2 heterocycles. The van der Waals surface area contributed by atoms with E-state index in [0.717, 1.165) is 0 Å². The van der Waals surface area contributed by atoms with E-state index in [1.807, 2.05) is 0 Å². The van der Waals surface area contributed by atoms with E-state index in [2.05, 4.69) is 0 Å². The number of methoxy groups -OCH3 is 1. The summed E-state index contributed by atoms with van der Waals surface area (Å²) < 4.78 is 10.3. The molecule has 104 valence electrons. The number of carbonyl (C=O) groups excluding carboxylic acids is 1. The van der Waals surface area contributed by atoms with Gasteiger partial charge in [0, 0.05) is 18.0 Å². The van der Waals surface area contributed by atoms with Crippen molar-refractivity contribution in [3.63, 3.8) is 0 Å². The van der Waals surface area contributed by atoms with Gasteiger partial charge in [-0.1, -0.05) is 0 Å². The van der Waals surface area contributed by atoms with Crippen LogP contribution in [0.2, 0.25) is 0 Å². The molecule has 2 rings (SSSR count). The number of morpholine rings is 1. The molecule has 1 unspecified atom stereocenters. The van der Waals surface area contributed by atoms with Crippen molar-refractivity contribution in [2.45, 2.75) is 19.1 Å². The van der Waals surface area contributed by atoms with Gasteiger partial charge in [-0.15, -0.1) is 11.3 Å². The molecule has 0 bridgehead atoms. The highest BCUT2D eigenvalue weighted by molar-refractivity contribution is 7.12. The van der Waals surface area contributed by atoms with Crippen LogP contribution < -0.4 is 4.74 Å². The number of carboxylic acids is 1. The number of carboxylic acid groups (broad SMARTS) is 1. The van der Waals surface area contributed by atoms with Gasteiger partial charge in [0.05, 0.1) is 24.6 Å². The van der Waals surface area contributed by atoms with Crippen molar-refractivity contribution in [2.75, 3.05) is 20.2 Å². The predicted octanol–water partition coefficient (Wildman–Crippen LogP) is 1.07. The quantitative estimate of drug-likeness (QED) is 0.899. The van der Waals surface area contributed by atoms with Crippen LogP contribution in [0.3, 0.4) is 0 Å². The first kappa shape index (κ1) is 13.8. The number of aliphatic carboxylic acids is 1. The summed E-state index contributed by atoms with van der Waals surface area (Å²) in [6, 6.07) is 1.66. The van der Waals surface area contributed by atoms with E-state index in [9.17, 15) is 9.59 Å². The number of rotatable bonds is 3. The Morgan fingerprint density at radius 1 is 1.53 bits per heavy atom. The fourth-order valence-electron chi connectivity index (χ4n) is 1.95. The Morgan fingerprint density at radius 3 is 2.84 bits per heavy atom. The van der Waals surface area contributed by atoms with Crippen molar-refractivity contribution in [1.29, 1.82) is 0 Å². The Morgan fingerprint density at radius 2 is 2.26 bits per heavy atom. The van der Waals surface area contributed by atoms with E-state index in [-0.39, 0.29) is 18.6 Å². The standard InChI is InChI=1S/C12H15NO5S/c1-7-4-13(5-9(18-7)12(15)16)11(14)10-3-8(17-2)6-19-10/h3,6-7,9H,4-5H2,1-2H3,(H,15,16)/t7-,9?/m1/s1. The summed E-state index contributed by atoms with van der Waals surface area (Å²) in [5.74, 6) is -0.604. The van der Waals surface area contributed by atoms with Crippen molar-refractivity contribution in [3.05, 3.63) is 16.3 Å². The van der Waals surface area contributed by atoms with Crippen LogP contribution in [-0.4, -0.2) is 54.3 Å². The lowest BCUT2D eigenvalue weighted by Gasteiger charge is -2.34. The molecule has 1 amide bonds. The van der Waals surface area contributed by atoms with Crippen molar-refractivity contribution in [2.24, 2.45) is 0 Å². The van der Waals surface area contributed by atoms with Crippen molar-refractivity contribution < 1.29 is 24.2 Å². The van der Waals surface area contributed by atoms with Gasteiger partial charge in [-0.05, 0) is 6.92 Å². The lowest BCUT2D eigenvalue weighted by atomic mass is 10.2. The maximum absolute atomic E-state index is 12.3. The summed E-state index contributed by atoms with van der Waals surface area (Å²) in [5.41, 5.74) is 0. The third kappa shape index (κ3) is 3.05. The lowest BCUT2D eigenvalue weighted by Crippen LogP contribution is -2.51. The molecule has 1 aliphatic rings. The Balaban J connectivity index is 2.11. The molecule has 7 heteroatoms. The summed E-state index contributed by atoms with van der Waals surface area (Å²) in [7, 11) is 1.54. The third-order valence-electron chi connectivity index (χ3n) is 2.84. The Hall–Kier alpha value is -1.60. The van der Waals surface area contributed by atoms with Crippen LogP contribution in [0.4, 0.5) is 0 Å². The second kappa shape index (κ2) is 5.58. The first-order chi connectivity index (χ1) is 9.01. The van der Waals surface area contributed by atoms with Gasteiger partial charge < -0.3 is 19.5 Å². The van der Waals surface area contributed by atoms with Gasteiger partial charge in [-0.25, -0.2) is 4.79 Å².